The first-order valence-electron chi connectivity index (χ1n) is 9.49. The molecule has 24 heavy (non-hydrogen) atoms. The summed E-state index contributed by atoms with van der Waals surface area (Å²) in [5.41, 5.74) is 3.11. The molecule has 0 aliphatic rings. The summed E-state index contributed by atoms with van der Waals surface area (Å²) in [4.78, 5) is 0. The van der Waals surface area contributed by atoms with Gasteiger partial charge >= 0.3 is 0 Å². The lowest BCUT2D eigenvalue weighted by Gasteiger charge is -2.42. The number of furan rings is 1. The van der Waals surface area contributed by atoms with Crippen molar-refractivity contribution in [3.8, 4) is 0 Å². The number of hydrogen-bond acceptors (Lipinski definition) is 2. The molecule has 0 saturated heterocycles. The standard InChI is InChI=1S/C20H40O2Si2/c1-15(2)24(16(3)4,17(5)6)22-14-18-12-13-21-19(18)23(10,11)20(7,8)9/h12-13,15-17H,14H2,1-11H3. The van der Waals surface area contributed by atoms with Crippen LogP contribution in [-0.2, 0) is 11.0 Å². The molecular formula is C20H40O2Si2. The van der Waals surface area contributed by atoms with Crippen LogP contribution in [0.5, 0.6) is 0 Å². The first kappa shape index (κ1) is 21.7. The smallest absolute Gasteiger partial charge is 0.200 e. The maximum absolute atomic E-state index is 6.81. The predicted molar refractivity (Wildman–Crippen MR) is 111 cm³/mol. The summed E-state index contributed by atoms with van der Waals surface area (Å²) in [6.45, 7) is 26.6. The molecule has 140 valence electrons. The van der Waals surface area contributed by atoms with Crippen LogP contribution < -0.4 is 5.38 Å². The van der Waals surface area contributed by atoms with Crippen molar-refractivity contribution in [1.82, 2.24) is 0 Å². The van der Waals surface area contributed by atoms with Gasteiger partial charge in [0.15, 0.2) is 0 Å². The van der Waals surface area contributed by atoms with Crippen molar-refractivity contribution in [2.75, 3.05) is 0 Å². The van der Waals surface area contributed by atoms with E-state index in [2.05, 4.69) is 81.5 Å². The van der Waals surface area contributed by atoms with Crippen LogP contribution in [-0.4, -0.2) is 16.4 Å². The molecule has 1 aromatic heterocycles. The van der Waals surface area contributed by atoms with Crippen molar-refractivity contribution in [3.63, 3.8) is 0 Å². The fourth-order valence-corrected chi connectivity index (χ4v) is 11.4. The average Bonchev–Trinajstić information content (AvgIpc) is 2.85. The second-order valence-electron chi connectivity index (χ2n) is 9.76. The van der Waals surface area contributed by atoms with Crippen molar-refractivity contribution in [2.45, 2.75) is 104 Å². The monoisotopic (exact) mass is 368 g/mol. The highest BCUT2D eigenvalue weighted by molar-refractivity contribution is 6.91. The Hall–Kier alpha value is -0.326. The van der Waals surface area contributed by atoms with Gasteiger partial charge in [0.25, 0.3) is 0 Å². The quantitative estimate of drug-likeness (QED) is 0.500. The van der Waals surface area contributed by atoms with E-state index in [4.69, 9.17) is 8.84 Å². The fourth-order valence-electron chi connectivity index (χ4n) is 4.04. The van der Waals surface area contributed by atoms with Crippen LogP contribution in [0.1, 0.15) is 67.9 Å². The van der Waals surface area contributed by atoms with Crippen LogP contribution in [0, 0.1) is 0 Å². The zero-order chi connectivity index (χ0) is 18.9. The van der Waals surface area contributed by atoms with Crippen molar-refractivity contribution in [1.29, 1.82) is 0 Å². The molecule has 2 nitrogen and oxygen atoms in total. The van der Waals surface area contributed by atoms with E-state index in [9.17, 15) is 0 Å². The van der Waals surface area contributed by atoms with Gasteiger partial charge < -0.3 is 8.84 Å². The molecule has 0 amide bonds. The third-order valence-corrected chi connectivity index (χ3v) is 17.8. The van der Waals surface area contributed by atoms with Crippen molar-refractivity contribution in [3.05, 3.63) is 17.9 Å². The van der Waals surface area contributed by atoms with E-state index in [1.165, 1.54) is 10.9 Å². The van der Waals surface area contributed by atoms with Gasteiger partial charge in [-0.05, 0) is 27.7 Å². The van der Waals surface area contributed by atoms with E-state index >= 15 is 0 Å². The topological polar surface area (TPSA) is 22.4 Å². The highest BCUT2D eigenvalue weighted by Crippen LogP contribution is 2.43. The summed E-state index contributed by atoms with van der Waals surface area (Å²) in [6, 6.07) is 2.13. The second-order valence-corrected chi connectivity index (χ2v) is 20.4. The summed E-state index contributed by atoms with van der Waals surface area (Å²) >= 11 is 0. The van der Waals surface area contributed by atoms with Gasteiger partial charge in [-0.1, -0.05) is 75.4 Å². The lowest BCUT2D eigenvalue weighted by Crippen LogP contribution is -2.51. The Bertz CT molecular complexity index is 500. The van der Waals surface area contributed by atoms with E-state index in [1.807, 2.05) is 6.26 Å². The molecule has 0 aliphatic heterocycles. The van der Waals surface area contributed by atoms with Gasteiger partial charge in [-0.15, -0.1) is 0 Å². The van der Waals surface area contributed by atoms with Gasteiger partial charge in [-0.2, -0.15) is 0 Å². The molecule has 0 bridgehead atoms. The summed E-state index contributed by atoms with van der Waals surface area (Å²) in [6.07, 6.45) is 1.86. The van der Waals surface area contributed by atoms with Crippen LogP contribution in [0.4, 0.5) is 0 Å². The van der Waals surface area contributed by atoms with Crippen LogP contribution in [0.2, 0.25) is 34.8 Å². The minimum absolute atomic E-state index is 0.266. The molecule has 1 rings (SSSR count). The summed E-state index contributed by atoms with van der Waals surface area (Å²) < 4.78 is 12.8. The minimum Gasteiger partial charge on any atom is -0.474 e. The number of hydrogen-bond donors (Lipinski definition) is 0. The Kier molecular flexibility index (Phi) is 6.79. The molecule has 4 heteroatoms. The average molecular weight is 369 g/mol. The Labute approximate surface area is 152 Å². The van der Waals surface area contributed by atoms with E-state index in [1.54, 1.807) is 0 Å². The van der Waals surface area contributed by atoms with Crippen LogP contribution in [0.3, 0.4) is 0 Å². The van der Waals surface area contributed by atoms with Crippen molar-refractivity contribution >= 4 is 21.8 Å². The van der Waals surface area contributed by atoms with Crippen molar-refractivity contribution < 1.29 is 8.84 Å². The van der Waals surface area contributed by atoms with Gasteiger partial charge in [0.05, 0.1) is 18.3 Å². The second kappa shape index (κ2) is 7.50. The zero-order valence-electron chi connectivity index (χ0n) is 17.9. The Morgan fingerprint density at radius 2 is 1.42 bits per heavy atom. The Morgan fingerprint density at radius 3 is 1.79 bits per heavy atom. The largest absolute Gasteiger partial charge is 0.474 e. The molecule has 0 atom stereocenters. The molecule has 0 aliphatic carbocycles. The SMILES string of the molecule is CC(C)[Si](OCc1ccoc1[Si](C)(C)C(C)(C)C)(C(C)C)C(C)C. The summed E-state index contributed by atoms with van der Waals surface area (Å²) in [5, 5.41) is 1.48. The van der Waals surface area contributed by atoms with Gasteiger partial charge in [-0.3, -0.25) is 0 Å². The molecule has 0 unspecified atom stereocenters. The molecule has 0 N–H and O–H groups in total. The molecule has 0 saturated carbocycles. The predicted octanol–water partition coefficient (Wildman–Crippen LogP) is 6.69. The highest BCUT2D eigenvalue weighted by atomic mass is 28.4. The van der Waals surface area contributed by atoms with E-state index in [0.717, 1.165) is 0 Å². The van der Waals surface area contributed by atoms with Gasteiger partial charge in [-0.25, -0.2) is 0 Å². The normalized spacial score (nSPS) is 14.2. The van der Waals surface area contributed by atoms with Crippen LogP contribution in [0.15, 0.2) is 16.7 Å². The summed E-state index contributed by atoms with van der Waals surface area (Å²) in [7, 11) is -3.52. The molecular weight excluding hydrogens is 328 g/mol. The van der Waals surface area contributed by atoms with Crippen LogP contribution in [0.25, 0.3) is 0 Å². The maximum Gasteiger partial charge on any atom is 0.200 e. The minimum atomic E-state index is -1.84. The lowest BCUT2D eigenvalue weighted by molar-refractivity contribution is 0.266. The first-order chi connectivity index (χ1) is 10.8. The molecule has 0 aromatic carbocycles. The third-order valence-electron chi connectivity index (χ3n) is 6.37. The van der Waals surface area contributed by atoms with Gasteiger partial charge in [0, 0.05) is 5.56 Å². The van der Waals surface area contributed by atoms with Crippen molar-refractivity contribution in [2.24, 2.45) is 0 Å². The molecule has 1 aromatic rings. The summed E-state index contributed by atoms with van der Waals surface area (Å²) in [5.74, 6) is 0. The number of rotatable bonds is 7. The molecule has 0 radical (unpaired) electrons. The lowest BCUT2D eigenvalue weighted by atomic mass is 10.2. The first-order valence-corrected chi connectivity index (χ1v) is 14.6. The van der Waals surface area contributed by atoms with Crippen LogP contribution >= 0.6 is 0 Å². The third kappa shape index (κ3) is 3.91. The van der Waals surface area contributed by atoms with Gasteiger partial charge in [0.1, 0.15) is 8.07 Å². The van der Waals surface area contributed by atoms with E-state index in [0.29, 0.717) is 23.2 Å². The zero-order valence-corrected chi connectivity index (χ0v) is 19.9. The Morgan fingerprint density at radius 1 is 0.958 bits per heavy atom. The molecule has 0 fully saturated rings. The maximum atomic E-state index is 6.81. The Balaban J connectivity index is 3.14. The highest BCUT2D eigenvalue weighted by Gasteiger charge is 2.46. The van der Waals surface area contributed by atoms with E-state index in [-0.39, 0.29) is 5.04 Å². The van der Waals surface area contributed by atoms with E-state index < -0.39 is 16.4 Å². The van der Waals surface area contributed by atoms with Gasteiger partial charge in [0.2, 0.25) is 8.32 Å². The fraction of sp³-hybridized carbons (Fsp3) is 0.800. The molecule has 0 spiro atoms. The molecule has 1 heterocycles.